The molecule has 0 aliphatic carbocycles. The van der Waals surface area contributed by atoms with Gasteiger partial charge in [-0.3, -0.25) is 14.2 Å². The highest BCUT2D eigenvalue weighted by Gasteiger charge is 2.34. The standard InChI is InChI=1S/C14H17BrF3N5O/c1-10-7-12(14(16,17)18)21-23(10)6-3-13(24)19-4-2-5-22-9-11(15)8-20-22/h7-9H,2-6H2,1H3,(H,19,24). The van der Waals surface area contributed by atoms with Gasteiger partial charge in [-0.05, 0) is 35.3 Å². The maximum atomic E-state index is 12.6. The molecule has 0 unspecified atom stereocenters. The number of amides is 1. The molecule has 0 fully saturated rings. The number of carbonyl (C=O) groups excluding carboxylic acids is 1. The van der Waals surface area contributed by atoms with Crippen LogP contribution in [0.4, 0.5) is 13.2 Å². The monoisotopic (exact) mass is 407 g/mol. The van der Waals surface area contributed by atoms with E-state index in [1.54, 1.807) is 10.9 Å². The third-order valence-corrected chi connectivity index (χ3v) is 3.72. The fraction of sp³-hybridized carbons (Fsp3) is 0.500. The second-order valence-electron chi connectivity index (χ2n) is 5.27. The van der Waals surface area contributed by atoms with Crippen molar-refractivity contribution in [3.63, 3.8) is 0 Å². The minimum atomic E-state index is -4.47. The van der Waals surface area contributed by atoms with Crippen molar-refractivity contribution in [1.82, 2.24) is 24.9 Å². The predicted molar refractivity (Wildman–Crippen MR) is 84.1 cm³/mol. The van der Waals surface area contributed by atoms with Crippen molar-refractivity contribution in [3.8, 4) is 0 Å². The number of aromatic nitrogens is 4. The van der Waals surface area contributed by atoms with Gasteiger partial charge < -0.3 is 5.32 Å². The van der Waals surface area contributed by atoms with Gasteiger partial charge in [-0.15, -0.1) is 0 Å². The second kappa shape index (κ2) is 7.82. The van der Waals surface area contributed by atoms with E-state index in [0.717, 1.165) is 10.5 Å². The van der Waals surface area contributed by atoms with E-state index in [9.17, 15) is 18.0 Å². The van der Waals surface area contributed by atoms with Crippen LogP contribution < -0.4 is 5.32 Å². The molecule has 0 spiro atoms. The Balaban J connectivity index is 1.70. The van der Waals surface area contributed by atoms with E-state index in [2.05, 4.69) is 31.4 Å². The van der Waals surface area contributed by atoms with Crippen LogP contribution in [0.5, 0.6) is 0 Å². The van der Waals surface area contributed by atoms with Crippen molar-refractivity contribution in [2.75, 3.05) is 6.54 Å². The first-order chi connectivity index (χ1) is 11.3. The molecule has 0 bridgehead atoms. The van der Waals surface area contributed by atoms with Crippen molar-refractivity contribution in [2.45, 2.75) is 39.0 Å². The first kappa shape index (κ1) is 18.5. The lowest BCUT2D eigenvalue weighted by molar-refractivity contribution is -0.141. The molecule has 24 heavy (non-hydrogen) atoms. The number of nitrogens with zero attached hydrogens (tertiary/aromatic N) is 4. The Kier molecular flexibility index (Phi) is 6.03. The van der Waals surface area contributed by atoms with Gasteiger partial charge in [0.15, 0.2) is 5.69 Å². The summed E-state index contributed by atoms with van der Waals surface area (Å²) in [7, 11) is 0. The SMILES string of the molecule is Cc1cc(C(F)(F)F)nn1CCC(=O)NCCCn1cc(Br)cn1. The fourth-order valence-corrected chi connectivity index (χ4v) is 2.43. The lowest BCUT2D eigenvalue weighted by Crippen LogP contribution is -2.26. The first-order valence-electron chi connectivity index (χ1n) is 7.32. The van der Waals surface area contributed by atoms with Gasteiger partial charge in [0.25, 0.3) is 0 Å². The van der Waals surface area contributed by atoms with Crippen LogP contribution in [0.2, 0.25) is 0 Å². The zero-order valence-corrected chi connectivity index (χ0v) is 14.6. The molecular weight excluding hydrogens is 391 g/mol. The molecule has 2 heterocycles. The summed E-state index contributed by atoms with van der Waals surface area (Å²) >= 11 is 3.30. The van der Waals surface area contributed by atoms with Gasteiger partial charge in [0.1, 0.15) is 0 Å². The van der Waals surface area contributed by atoms with Crippen LogP contribution in [0.1, 0.15) is 24.2 Å². The average Bonchev–Trinajstić information content (AvgIpc) is 3.07. The molecule has 0 aromatic carbocycles. The van der Waals surface area contributed by atoms with Gasteiger partial charge in [0, 0.05) is 37.9 Å². The summed E-state index contributed by atoms with van der Waals surface area (Å²) < 4.78 is 41.5. The topological polar surface area (TPSA) is 64.7 Å². The lowest BCUT2D eigenvalue weighted by atomic mass is 10.3. The number of alkyl halides is 3. The smallest absolute Gasteiger partial charge is 0.356 e. The zero-order chi connectivity index (χ0) is 17.7. The van der Waals surface area contributed by atoms with E-state index in [-0.39, 0.29) is 18.9 Å². The summed E-state index contributed by atoms with van der Waals surface area (Å²) in [6.45, 7) is 2.78. The number of carbonyl (C=O) groups is 1. The van der Waals surface area contributed by atoms with E-state index in [1.807, 2.05) is 6.20 Å². The van der Waals surface area contributed by atoms with Gasteiger partial charge in [0.05, 0.1) is 10.7 Å². The Hall–Kier alpha value is -1.84. The van der Waals surface area contributed by atoms with Crippen LogP contribution in [0.25, 0.3) is 0 Å². The van der Waals surface area contributed by atoms with Crippen molar-refractivity contribution < 1.29 is 18.0 Å². The maximum Gasteiger partial charge on any atom is 0.435 e. The molecule has 1 amide bonds. The summed E-state index contributed by atoms with van der Waals surface area (Å²) in [5.41, 5.74) is -0.565. The number of halogens is 4. The number of hydrogen-bond acceptors (Lipinski definition) is 3. The Labute approximate surface area is 145 Å². The van der Waals surface area contributed by atoms with Crippen molar-refractivity contribution in [3.05, 3.63) is 34.3 Å². The Morgan fingerprint density at radius 2 is 2.12 bits per heavy atom. The number of aryl methyl sites for hydroxylation is 3. The van der Waals surface area contributed by atoms with E-state index in [0.29, 0.717) is 25.2 Å². The molecule has 0 atom stereocenters. The Bertz CT molecular complexity index is 695. The minimum Gasteiger partial charge on any atom is -0.356 e. The third kappa shape index (κ3) is 5.36. The van der Waals surface area contributed by atoms with Gasteiger partial charge in [-0.1, -0.05) is 0 Å². The zero-order valence-electron chi connectivity index (χ0n) is 13.0. The van der Waals surface area contributed by atoms with Gasteiger partial charge >= 0.3 is 6.18 Å². The van der Waals surface area contributed by atoms with Crippen molar-refractivity contribution >= 4 is 21.8 Å². The Morgan fingerprint density at radius 3 is 2.71 bits per heavy atom. The molecule has 0 aliphatic rings. The highest BCUT2D eigenvalue weighted by atomic mass is 79.9. The molecule has 0 saturated heterocycles. The van der Waals surface area contributed by atoms with Gasteiger partial charge in [-0.25, -0.2) is 0 Å². The van der Waals surface area contributed by atoms with Crippen LogP contribution in [0.3, 0.4) is 0 Å². The normalized spacial score (nSPS) is 11.7. The molecule has 10 heteroatoms. The summed E-state index contributed by atoms with van der Waals surface area (Å²) in [6.07, 6.45) is -0.174. The molecule has 2 aromatic rings. The van der Waals surface area contributed by atoms with E-state index < -0.39 is 11.9 Å². The first-order valence-corrected chi connectivity index (χ1v) is 8.11. The van der Waals surface area contributed by atoms with Gasteiger partial charge in [0.2, 0.25) is 5.91 Å². The van der Waals surface area contributed by atoms with Crippen molar-refractivity contribution in [2.24, 2.45) is 0 Å². The van der Waals surface area contributed by atoms with Crippen molar-refractivity contribution in [1.29, 1.82) is 0 Å². The molecule has 2 aromatic heterocycles. The van der Waals surface area contributed by atoms with Crippen LogP contribution in [-0.4, -0.2) is 32.0 Å². The number of nitrogens with one attached hydrogen (secondary N) is 1. The van der Waals surface area contributed by atoms with Crippen LogP contribution in [0, 0.1) is 6.92 Å². The molecule has 0 saturated carbocycles. The van der Waals surface area contributed by atoms with Gasteiger partial charge in [-0.2, -0.15) is 23.4 Å². The summed E-state index contributed by atoms with van der Waals surface area (Å²) in [5, 5.41) is 10.3. The summed E-state index contributed by atoms with van der Waals surface area (Å²) in [6, 6.07) is 0.972. The molecule has 2 rings (SSSR count). The lowest BCUT2D eigenvalue weighted by Gasteiger charge is -2.07. The molecule has 132 valence electrons. The molecule has 1 N–H and O–H groups in total. The number of hydrogen-bond donors (Lipinski definition) is 1. The molecular formula is C14H17BrF3N5O. The quantitative estimate of drug-likeness (QED) is 0.717. The van der Waals surface area contributed by atoms with E-state index in [1.165, 1.54) is 11.6 Å². The van der Waals surface area contributed by atoms with Crippen LogP contribution in [0.15, 0.2) is 22.9 Å². The molecule has 0 radical (unpaired) electrons. The predicted octanol–water partition coefficient (Wildman–Crippen LogP) is 2.77. The largest absolute Gasteiger partial charge is 0.435 e. The Morgan fingerprint density at radius 1 is 1.38 bits per heavy atom. The summed E-state index contributed by atoms with van der Waals surface area (Å²) in [4.78, 5) is 11.7. The molecule has 0 aliphatic heterocycles. The fourth-order valence-electron chi connectivity index (χ4n) is 2.10. The minimum absolute atomic E-state index is 0.0765. The molecule has 6 nitrogen and oxygen atoms in total. The van der Waals surface area contributed by atoms with Crippen LogP contribution >= 0.6 is 15.9 Å². The van der Waals surface area contributed by atoms with Crippen LogP contribution in [-0.2, 0) is 24.1 Å². The second-order valence-corrected chi connectivity index (χ2v) is 6.18. The number of rotatable bonds is 7. The highest BCUT2D eigenvalue weighted by Crippen LogP contribution is 2.28. The average molecular weight is 408 g/mol. The highest BCUT2D eigenvalue weighted by molar-refractivity contribution is 9.10. The van der Waals surface area contributed by atoms with E-state index in [4.69, 9.17) is 0 Å². The maximum absolute atomic E-state index is 12.6. The van der Waals surface area contributed by atoms with E-state index >= 15 is 0 Å². The summed E-state index contributed by atoms with van der Waals surface area (Å²) in [5.74, 6) is -0.222. The third-order valence-electron chi connectivity index (χ3n) is 3.31.